The van der Waals surface area contributed by atoms with Crippen molar-refractivity contribution in [2.75, 3.05) is 0 Å². The Bertz CT molecular complexity index is 402. The number of hydrogen-bond donors (Lipinski definition) is 1. The van der Waals surface area contributed by atoms with Crippen LogP contribution in [-0.4, -0.2) is 11.1 Å². The average Bonchev–Trinajstić information content (AvgIpc) is 2.09. The fraction of sp³-hybridized carbons (Fsp3) is 0. The van der Waals surface area contributed by atoms with E-state index in [9.17, 15) is 13.6 Å². The molecule has 74 valence electrons. The second-order valence-corrected chi connectivity index (χ2v) is 2.87. The lowest BCUT2D eigenvalue weighted by Crippen LogP contribution is -1.89. The van der Waals surface area contributed by atoms with Crippen LogP contribution in [0.15, 0.2) is 18.2 Å². The highest BCUT2D eigenvalue weighted by molar-refractivity contribution is 6.32. The minimum absolute atomic E-state index is 0.0404. The van der Waals surface area contributed by atoms with Gasteiger partial charge in [-0.3, -0.25) is 0 Å². The van der Waals surface area contributed by atoms with Gasteiger partial charge < -0.3 is 5.11 Å². The fourth-order valence-electron chi connectivity index (χ4n) is 0.827. The zero-order chi connectivity index (χ0) is 10.7. The molecule has 0 radical (unpaired) electrons. The first kappa shape index (κ1) is 10.7. The van der Waals surface area contributed by atoms with Crippen LogP contribution in [0.1, 0.15) is 5.56 Å². The Balaban J connectivity index is 3.10. The molecule has 0 fully saturated rings. The van der Waals surface area contributed by atoms with Gasteiger partial charge in [0.05, 0.1) is 5.02 Å². The minimum atomic E-state index is -1.19. The summed E-state index contributed by atoms with van der Waals surface area (Å²) in [5, 5.41) is 8.25. The van der Waals surface area contributed by atoms with Crippen molar-refractivity contribution in [3.05, 3.63) is 40.4 Å². The molecule has 0 saturated carbocycles. The van der Waals surface area contributed by atoms with Crippen molar-refractivity contribution in [3.8, 4) is 0 Å². The topological polar surface area (TPSA) is 37.3 Å². The Morgan fingerprint density at radius 2 is 1.93 bits per heavy atom. The van der Waals surface area contributed by atoms with Gasteiger partial charge in [0.1, 0.15) is 0 Å². The second kappa shape index (κ2) is 4.19. The summed E-state index contributed by atoms with van der Waals surface area (Å²) in [6.07, 6.45) is 1.88. The summed E-state index contributed by atoms with van der Waals surface area (Å²) in [6.45, 7) is 0. The SMILES string of the molecule is O=C(O)C=Cc1cc(F)c(F)cc1Cl. The molecule has 14 heavy (non-hydrogen) atoms. The molecule has 0 aliphatic rings. The zero-order valence-electron chi connectivity index (χ0n) is 6.80. The van der Waals surface area contributed by atoms with Gasteiger partial charge in [-0.15, -0.1) is 0 Å². The highest BCUT2D eigenvalue weighted by atomic mass is 35.5. The summed E-state index contributed by atoms with van der Waals surface area (Å²) >= 11 is 5.53. The van der Waals surface area contributed by atoms with Gasteiger partial charge >= 0.3 is 5.97 Å². The Labute approximate surface area is 83.4 Å². The first-order valence-corrected chi connectivity index (χ1v) is 3.94. The number of hydrogen-bond acceptors (Lipinski definition) is 1. The Morgan fingerprint density at radius 3 is 2.50 bits per heavy atom. The van der Waals surface area contributed by atoms with Gasteiger partial charge in [0.25, 0.3) is 0 Å². The molecule has 1 N–H and O–H groups in total. The molecule has 0 saturated heterocycles. The molecular formula is C9H5ClF2O2. The maximum atomic E-state index is 12.7. The van der Waals surface area contributed by atoms with Crippen molar-refractivity contribution in [1.29, 1.82) is 0 Å². The van der Waals surface area contributed by atoms with Crippen molar-refractivity contribution >= 4 is 23.6 Å². The van der Waals surface area contributed by atoms with Gasteiger partial charge in [0, 0.05) is 6.08 Å². The van der Waals surface area contributed by atoms with Crippen molar-refractivity contribution in [2.45, 2.75) is 0 Å². The molecule has 0 bridgehead atoms. The quantitative estimate of drug-likeness (QED) is 0.612. The molecule has 0 aromatic heterocycles. The third-order valence-electron chi connectivity index (χ3n) is 1.45. The van der Waals surface area contributed by atoms with Crippen LogP contribution in [0.25, 0.3) is 6.08 Å². The van der Waals surface area contributed by atoms with E-state index in [-0.39, 0.29) is 10.6 Å². The molecular weight excluding hydrogens is 214 g/mol. The van der Waals surface area contributed by atoms with Gasteiger partial charge in [-0.25, -0.2) is 13.6 Å². The molecule has 5 heteroatoms. The zero-order valence-corrected chi connectivity index (χ0v) is 7.55. The molecule has 1 aromatic rings. The van der Waals surface area contributed by atoms with Crippen LogP contribution >= 0.6 is 11.6 Å². The van der Waals surface area contributed by atoms with E-state index in [0.717, 1.165) is 24.3 Å². The Morgan fingerprint density at radius 1 is 1.36 bits per heavy atom. The monoisotopic (exact) mass is 218 g/mol. The lowest BCUT2D eigenvalue weighted by molar-refractivity contribution is -0.131. The standard InChI is InChI=1S/C9H5ClF2O2/c10-6-4-8(12)7(11)3-5(6)1-2-9(13)14/h1-4H,(H,13,14). The summed E-state index contributed by atoms with van der Waals surface area (Å²) in [7, 11) is 0. The maximum absolute atomic E-state index is 12.7. The lowest BCUT2D eigenvalue weighted by atomic mass is 10.2. The van der Waals surface area contributed by atoms with E-state index in [2.05, 4.69) is 0 Å². The summed E-state index contributed by atoms with van der Waals surface area (Å²) in [6, 6.07) is 1.62. The predicted octanol–water partition coefficient (Wildman–Crippen LogP) is 2.72. The normalized spacial score (nSPS) is 10.8. The molecule has 2 nitrogen and oxygen atoms in total. The van der Waals surface area contributed by atoms with Crippen LogP contribution in [0, 0.1) is 11.6 Å². The summed E-state index contributed by atoms with van der Waals surface area (Å²) < 4.78 is 25.2. The van der Waals surface area contributed by atoms with Crippen LogP contribution in [0.3, 0.4) is 0 Å². The van der Waals surface area contributed by atoms with E-state index in [4.69, 9.17) is 16.7 Å². The van der Waals surface area contributed by atoms with Crippen LogP contribution < -0.4 is 0 Å². The third kappa shape index (κ3) is 2.53. The average molecular weight is 219 g/mol. The van der Waals surface area contributed by atoms with Crippen molar-refractivity contribution in [3.63, 3.8) is 0 Å². The third-order valence-corrected chi connectivity index (χ3v) is 1.77. The molecule has 1 aromatic carbocycles. The van der Waals surface area contributed by atoms with E-state index >= 15 is 0 Å². The van der Waals surface area contributed by atoms with Crippen molar-refractivity contribution in [1.82, 2.24) is 0 Å². The first-order valence-electron chi connectivity index (χ1n) is 3.56. The van der Waals surface area contributed by atoms with E-state index in [1.807, 2.05) is 0 Å². The second-order valence-electron chi connectivity index (χ2n) is 2.46. The Kier molecular flexibility index (Phi) is 3.19. The van der Waals surface area contributed by atoms with Crippen LogP contribution in [0.4, 0.5) is 8.78 Å². The smallest absolute Gasteiger partial charge is 0.328 e. The van der Waals surface area contributed by atoms with E-state index in [1.54, 1.807) is 0 Å². The predicted molar refractivity (Wildman–Crippen MR) is 48.0 cm³/mol. The maximum Gasteiger partial charge on any atom is 0.328 e. The van der Waals surface area contributed by atoms with Crippen molar-refractivity contribution < 1.29 is 18.7 Å². The number of benzene rings is 1. The van der Waals surface area contributed by atoms with Gasteiger partial charge in [-0.05, 0) is 23.8 Å². The molecule has 0 amide bonds. The van der Waals surface area contributed by atoms with Crippen LogP contribution in [0.5, 0.6) is 0 Å². The number of halogens is 3. The van der Waals surface area contributed by atoms with E-state index in [1.165, 1.54) is 0 Å². The van der Waals surface area contributed by atoms with Crippen LogP contribution in [-0.2, 0) is 4.79 Å². The Hall–Kier alpha value is -1.42. The number of aliphatic carboxylic acids is 1. The molecule has 1 rings (SSSR count). The summed E-state index contributed by atoms with van der Waals surface area (Å²) in [5.41, 5.74) is 0.118. The molecule has 0 aliphatic carbocycles. The number of rotatable bonds is 2. The highest BCUT2D eigenvalue weighted by Crippen LogP contribution is 2.21. The minimum Gasteiger partial charge on any atom is -0.478 e. The highest BCUT2D eigenvalue weighted by Gasteiger charge is 2.06. The molecule has 0 unspecified atom stereocenters. The van der Waals surface area contributed by atoms with E-state index in [0.29, 0.717) is 0 Å². The van der Waals surface area contributed by atoms with Gasteiger partial charge in [-0.1, -0.05) is 11.6 Å². The number of carboxylic acids is 1. The van der Waals surface area contributed by atoms with Crippen molar-refractivity contribution in [2.24, 2.45) is 0 Å². The number of carbonyl (C=O) groups is 1. The number of carboxylic acid groups (broad SMARTS) is 1. The van der Waals surface area contributed by atoms with Gasteiger partial charge in [0.2, 0.25) is 0 Å². The van der Waals surface area contributed by atoms with Gasteiger partial charge in [0.15, 0.2) is 11.6 Å². The molecule has 0 aliphatic heterocycles. The summed E-state index contributed by atoms with van der Waals surface area (Å²) in [4.78, 5) is 10.1. The largest absolute Gasteiger partial charge is 0.478 e. The first-order chi connectivity index (χ1) is 6.50. The molecule has 0 heterocycles. The molecule has 0 atom stereocenters. The van der Waals surface area contributed by atoms with Crippen LogP contribution in [0.2, 0.25) is 5.02 Å². The van der Waals surface area contributed by atoms with Gasteiger partial charge in [-0.2, -0.15) is 0 Å². The lowest BCUT2D eigenvalue weighted by Gasteiger charge is -1.98. The summed E-state index contributed by atoms with van der Waals surface area (Å²) in [5.74, 6) is -3.33. The fourth-order valence-corrected chi connectivity index (χ4v) is 1.04. The van der Waals surface area contributed by atoms with E-state index < -0.39 is 17.6 Å². The molecule has 0 spiro atoms.